The zero-order valence-corrected chi connectivity index (χ0v) is 18.5. The summed E-state index contributed by atoms with van der Waals surface area (Å²) in [5, 5.41) is 0. The molecule has 0 amide bonds. The molecule has 0 spiro atoms. The first kappa shape index (κ1) is 25.7. The molecule has 0 aromatic rings. The Morgan fingerprint density at radius 2 is 1.19 bits per heavy atom. The second-order valence-corrected chi connectivity index (χ2v) is 7.87. The highest BCUT2D eigenvalue weighted by Gasteiger charge is 2.35. The van der Waals surface area contributed by atoms with Gasteiger partial charge in [0.15, 0.2) is 0 Å². The van der Waals surface area contributed by atoms with Crippen molar-refractivity contribution in [3.8, 4) is 0 Å². The van der Waals surface area contributed by atoms with Crippen LogP contribution in [0.5, 0.6) is 0 Å². The molecule has 0 N–H and O–H groups in total. The van der Waals surface area contributed by atoms with E-state index in [0.717, 1.165) is 12.8 Å². The van der Waals surface area contributed by atoms with Crippen molar-refractivity contribution < 1.29 is 9.47 Å². The second kappa shape index (κ2) is 18.0. The van der Waals surface area contributed by atoms with Gasteiger partial charge in [0.1, 0.15) is 5.60 Å². The molecule has 0 fully saturated rings. The van der Waals surface area contributed by atoms with E-state index in [9.17, 15) is 0 Å². The summed E-state index contributed by atoms with van der Waals surface area (Å²) in [6, 6.07) is 0. The summed E-state index contributed by atoms with van der Waals surface area (Å²) in [6.45, 7) is 8.63. The van der Waals surface area contributed by atoms with E-state index in [1.807, 2.05) is 20.3 Å². The monoisotopic (exact) mass is 368 g/mol. The number of ether oxygens (including phenoxy) is 2. The molecule has 2 atom stereocenters. The summed E-state index contributed by atoms with van der Waals surface area (Å²) in [5.74, 6) is 0. The average molecular weight is 369 g/mol. The molecule has 0 saturated carbocycles. The minimum absolute atomic E-state index is 0.126. The number of methoxy groups -OCH3 is 2. The molecule has 2 nitrogen and oxygen atoms in total. The lowest BCUT2D eigenvalue weighted by molar-refractivity contribution is -0.0956. The third-order valence-corrected chi connectivity index (χ3v) is 5.80. The molecular formula is C24H48O2. The number of hydrogen-bond acceptors (Lipinski definition) is 2. The van der Waals surface area contributed by atoms with Crippen LogP contribution in [0.2, 0.25) is 0 Å². The van der Waals surface area contributed by atoms with Gasteiger partial charge in [-0.1, -0.05) is 110 Å². The van der Waals surface area contributed by atoms with Gasteiger partial charge in [0.2, 0.25) is 0 Å². The van der Waals surface area contributed by atoms with E-state index in [-0.39, 0.29) is 11.7 Å². The van der Waals surface area contributed by atoms with Gasteiger partial charge in [-0.05, 0) is 12.8 Å². The van der Waals surface area contributed by atoms with Gasteiger partial charge in [0.05, 0.1) is 6.10 Å². The van der Waals surface area contributed by atoms with E-state index in [0.29, 0.717) is 0 Å². The van der Waals surface area contributed by atoms with Gasteiger partial charge in [-0.15, -0.1) is 6.58 Å². The molecular weight excluding hydrogens is 320 g/mol. The van der Waals surface area contributed by atoms with Crippen molar-refractivity contribution in [3.63, 3.8) is 0 Å². The fourth-order valence-electron chi connectivity index (χ4n) is 3.92. The second-order valence-electron chi connectivity index (χ2n) is 7.87. The standard InChI is InChI=1S/C24H48O2/c1-6-9-11-13-15-16-18-20-22-24(8-3,26-5)23(25-4)21-19-17-14-12-10-7-2/h8,23H,3,6-7,9-22H2,1-2,4-5H3. The molecule has 0 aliphatic heterocycles. The fourth-order valence-corrected chi connectivity index (χ4v) is 3.92. The molecule has 0 radical (unpaired) electrons. The lowest BCUT2D eigenvalue weighted by atomic mass is 9.86. The first-order valence-electron chi connectivity index (χ1n) is 11.4. The van der Waals surface area contributed by atoms with Crippen LogP contribution in [-0.4, -0.2) is 25.9 Å². The summed E-state index contributed by atoms with van der Waals surface area (Å²) < 4.78 is 11.8. The molecule has 156 valence electrons. The first-order valence-corrected chi connectivity index (χ1v) is 11.4. The Balaban J connectivity index is 4.16. The number of unbranched alkanes of at least 4 members (excludes halogenated alkanes) is 12. The highest BCUT2D eigenvalue weighted by molar-refractivity contribution is 5.03. The van der Waals surface area contributed by atoms with Gasteiger partial charge >= 0.3 is 0 Å². The Morgan fingerprint density at radius 1 is 0.731 bits per heavy atom. The third-order valence-electron chi connectivity index (χ3n) is 5.80. The fraction of sp³-hybridized carbons (Fsp3) is 0.917. The van der Waals surface area contributed by atoms with Crippen molar-refractivity contribution in [2.24, 2.45) is 0 Å². The van der Waals surface area contributed by atoms with E-state index < -0.39 is 0 Å². The Labute approximate surface area is 165 Å². The van der Waals surface area contributed by atoms with E-state index in [1.165, 1.54) is 89.9 Å². The predicted molar refractivity (Wildman–Crippen MR) is 116 cm³/mol. The van der Waals surface area contributed by atoms with Crippen LogP contribution in [0.3, 0.4) is 0 Å². The van der Waals surface area contributed by atoms with Crippen molar-refractivity contribution >= 4 is 0 Å². The largest absolute Gasteiger partial charge is 0.378 e. The van der Waals surface area contributed by atoms with E-state index in [2.05, 4.69) is 20.4 Å². The summed E-state index contributed by atoms with van der Waals surface area (Å²) in [7, 11) is 3.65. The van der Waals surface area contributed by atoms with Crippen molar-refractivity contribution in [3.05, 3.63) is 12.7 Å². The Hall–Kier alpha value is -0.340. The number of rotatable bonds is 20. The molecule has 0 rings (SSSR count). The average Bonchev–Trinajstić information content (AvgIpc) is 2.67. The molecule has 26 heavy (non-hydrogen) atoms. The van der Waals surface area contributed by atoms with E-state index in [1.54, 1.807) is 0 Å². The third kappa shape index (κ3) is 11.4. The normalized spacial score (nSPS) is 14.9. The quantitative estimate of drug-likeness (QED) is 0.161. The van der Waals surface area contributed by atoms with Crippen LogP contribution in [0.1, 0.15) is 117 Å². The molecule has 0 aromatic heterocycles. The molecule has 0 aliphatic rings. The van der Waals surface area contributed by atoms with Crippen LogP contribution < -0.4 is 0 Å². The molecule has 2 unspecified atom stereocenters. The van der Waals surface area contributed by atoms with Gasteiger partial charge in [0, 0.05) is 14.2 Å². The molecule has 2 heteroatoms. The number of hydrogen-bond donors (Lipinski definition) is 0. The molecule has 0 bridgehead atoms. The molecule has 0 heterocycles. The maximum absolute atomic E-state index is 5.95. The van der Waals surface area contributed by atoms with Gasteiger partial charge in [-0.2, -0.15) is 0 Å². The molecule has 0 aromatic carbocycles. The van der Waals surface area contributed by atoms with Crippen LogP contribution in [0, 0.1) is 0 Å². The lowest BCUT2D eigenvalue weighted by Crippen LogP contribution is -2.43. The minimum Gasteiger partial charge on any atom is -0.378 e. The summed E-state index contributed by atoms with van der Waals surface area (Å²) >= 11 is 0. The summed E-state index contributed by atoms with van der Waals surface area (Å²) in [4.78, 5) is 0. The Morgan fingerprint density at radius 3 is 1.62 bits per heavy atom. The van der Waals surface area contributed by atoms with E-state index in [4.69, 9.17) is 9.47 Å². The Bertz CT molecular complexity index is 303. The van der Waals surface area contributed by atoms with Crippen molar-refractivity contribution in [1.29, 1.82) is 0 Å². The van der Waals surface area contributed by atoms with E-state index >= 15 is 0 Å². The van der Waals surface area contributed by atoms with Crippen LogP contribution in [0.15, 0.2) is 12.7 Å². The van der Waals surface area contributed by atoms with Crippen LogP contribution in [-0.2, 0) is 9.47 Å². The summed E-state index contributed by atoms with van der Waals surface area (Å²) in [6.07, 6.45) is 22.8. The summed E-state index contributed by atoms with van der Waals surface area (Å²) in [5.41, 5.74) is -0.319. The molecule has 0 aliphatic carbocycles. The topological polar surface area (TPSA) is 18.5 Å². The van der Waals surface area contributed by atoms with Crippen molar-refractivity contribution in [1.82, 2.24) is 0 Å². The van der Waals surface area contributed by atoms with Crippen LogP contribution >= 0.6 is 0 Å². The van der Waals surface area contributed by atoms with Gasteiger partial charge in [-0.3, -0.25) is 0 Å². The van der Waals surface area contributed by atoms with Crippen LogP contribution in [0.4, 0.5) is 0 Å². The van der Waals surface area contributed by atoms with Gasteiger partial charge in [-0.25, -0.2) is 0 Å². The SMILES string of the molecule is C=CC(CCCCCCCCCC)(OC)C(CCCCCCCC)OC. The Kier molecular flexibility index (Phi) is 17.8. The first-order chi connectivity index (χ1) is 12.7. The zero-order valence-electron chi connectivity index (χ0n) is 18.5. The smallest absolute Gasteiger partial charge is 0.112 e. The van der Waals surface area contributed by atoms with Crippen LogP contribution in [0.25, 0.3) is 0 Å². The highest BCUT2D eigenvalue weighted by atomic mass is 16.5. The van der Waals surface area contributed by atoms with Crippen molar-refractivity contribution in [2.45, 2.75) is 128 Å². The van der Waals surface area contributed by atoms with Gasteiger partial charge in [0.25, 0.3) is 0 Å². The predicted octanol–water partition coefficient (Wildman–Crippen LogP) is 7.85. The molecule has 0 saturated heterocycles. The highest BCUT2D eigenvalue weighted by Crippen LogP contribution is 2.30. The lowest BCUT2D eigenvalue weighted by Gasteiger charge is -2.36. The van der Waals surface area contributed by atoms with Crippen molar-refractivity contribution in [2.75, 3.05) is 14.2 Å². The minimum atomic E-state index is -0.319. The maximum Gasteiger partial charge on any atom is 0.112 e. The maximum atomic E-state index is 5.95. The zero-order chi connectivity index (χ0) is 19.5. The van der Waals surface area contributed by atoms with Gasteiger partial charge < -0.3 is 9.47 Å².